The number of aryl methyl sites for hydroxylation is 1. The van der Waals surface area contributed by atoms with Gasteiger partial charge in [0.25, 0.3) is 16.0 Å². The molecule has 0 unspecified atom stereocenters. The first-order chi connectivity index (χ1) is 11.5. The highest BCUT2D eigenvalue weighted by Crippen LogP contribution is 2.17. The number of aromatic nitrogens is 5. The largest absolute Gasteiger partial charge is 0.269 e. The van der Waals surface area contributed by atoms with Gasteiger partial charge in [-0.15, -0.1) is 5.10 Å². The minimum atomic E-state index is -3.76. The van der Waals surface area contributed by atoms with Crippen LogP contribution in [0.5, 0.6) is 0 Å². The number of hydrogen-bond donors (Lipinski definition) is 1. The molecule has 0 saturated carbocycles. The Morgan fingerprint density at radius 2 is 1.96 bits per heavy atom. The van der Waals surface area contributed by atoms with Gasteiger partial charge in [0.15, 0.2) is 0 Å². The average molecular weight is 346 g/mol. The van der Waals surface area contributed by atoms with Crippen molar-refractivity contribution in [3.63, 3.8) is 0 Å². The van der Waals surface area contributed by atoms with Gasteiger partial charge in [-0.25, -0.2) is 17.8 Å². The molecule has 0 aliphatic carbocycles. The third-order valence-electron chi connectivity index (χ3n) is 3.60. The Hall–Kier alpha value is -2.68. The van der Waals surface area contributed by atoms with Crippen LogP contribution in [0.4, 0.5) is 5.95 Å². The summed E-state index contributed by atoms with van der Waals surface area (Å²) in [4.78, 5) is 4.14. The van der Waals surface area contributed by atoms with Gasteiger partial charge in [-0.3, -0.25) is 4.68 Å². The van der Waals surface area contributed by atoms with Crippen molar-refractivity contribution < 1.29 is 8.42 Å². The average Bonchev–Trinajstić information content (AvgIpc) is 3.14. The van der Waals surface area contributed by atoms with E-state index in [-0.39, 0.29) is 10.8 Å². The first-order valence-electron chi connectivity index (χ1n) is 7.48. The molecule has 0 atom stereocenters. The van der Waals surface area contributed by atoms with E-state index in [9.17, 15) is 8.42 Å². The van der Waals surface area contributed by atoms with Gasteiger partial charge in [-0.2, -0.15) is 10.1 Å². The van der Waals surface area contributed by atoms with Crippen molar-refractivity contribution in [1.29, 1.82) is 0 Å². The molecule has 2 aromatic heterocycles. The van der Waals surface area contributed by atoms with Crippen LogP contribution in [-0.4, -0.2) is 33.0 Å². The number of sulfonamides is 1. The zero-order valence-corrected chi connectivity index (χ0v) is 14.2. The summed E-state index contributed by atoms with van der Waals surface area (Å²) in [5.41, 5.74) is 1.63. The topological polar surface area (TPSA) is 94.7 Å². The lowest BCUT2D eigenvalue weighted by Gasteiger charge is -2.05. The molecule has 126 valence electrons. The highest BCUT2D eigenvalue weighted by molar-refractivity contribution is 7.92. The highest BCUT2D eigenvalue weighted by Gasteiger charge is 2.22. The molecule has 1 aromatic carbocycles. The number of anilines is 1. The van der Waals surface area contributed by atoms with Crippen LogP contribution in [0.2, 0.25) is 0 Å². The second-order valence-electron chi connectivity index (χ2n) is 5.27. The van der Waals surface area contributed by atoms with E-state index in [1.54, 1.807) is 16.3 Å². The molecule has 9 heteroatoms. The van der Waals surface area contributed by atoms with Crippen LogP contribution >= 0.6 is 0 Å². The summed E-state index contributed by atoms with van der Waals surface area (Å²) in [7, 11) is -3.76. The monoisotopic (exact) mass is 346 g/mol. The van der Waals surface area contributed by atoms with Gasteiger partial charge in [0.1, 0.15) is 11.2 Å². The maximum absolute atomic E-state index is 12.5. The van der Waals surface area contributed by atoms with E-state index in [4.69, 9.17) is 0 Å². The highest BCUT2D eigenvalue weighted by atomic mass is 32.2. The lowest BCUT2D eigenvalue weighted by Crippen LogP contribution is -2.15. The Kier molecular flexibility index (Phi) is 4.34. The van der Waals surface area contributed by atoms with Crippen LogP contribution in [0.3, 0.4) is 0 Å². The molecule has 0 saturated heterocycles. The third kappa shape index (κ3) is 3.30. The Bertz CT molecular complexity index is 930. The Morgan fingerprint density at radius 3 is 2.62 bits per heavy atom. The van der Waals surface area contributed by atoms with E-state index in [0.29, 0.717) is 18.8 Å². The van der Waals surface area contributed by atoms with Crippen molar-refractivity contribution in [1.82, 2.24) is 24.5 Å². The second-order valence-corrected chi connectivity index (χ2v) is 6.92. The molecule has 0 radical (unpaired) electrons. The van der Waals surface area contributed by atoms with Crippen molar-refractivity contribution in [2.45, 2.75) is 31.8 Å². The normalized spacial score (nSPS) is 11.6. The third-order valence-corrected chi connectivity index (χ3v) is 5.03. The van der Waals surface area contributed by atoms with Crippen molar-refractivity contribution in [3.8, 4) is 0 Å². The van der Waals surface area contributed by atoms with Crippen LogP contribution in [0.15, 0.2) is 47.8 Å². The standard InChI is InChI=1S/C15H18N6O2S/c1-3-21-12(2)14(9-17-21)24(22,23)19-15-16-11-20(18-15)10-13-7-5-4-6-8-13/h4-9,11H,3,10H2,1-2H3,(H,18,19). The maximum Gasteiger partial charge on any atom is 0.267 e. The molecular weight excluding hydrogens is 328 g/mol. The maximum atomic E-state index is 12.5. The van der Waals surface area contributed by atoms with Crippen molar-refractivity contribution in [2.24, 2.45) is 0 Å². The summed E-state index contributed by atoms with van der Waals surface area (Å²) >= 11 is 0. The van der Waals surface area contributed by atoms with E-state index >= 15 is 0 Å². The van der Waals surface area contributed by atoms with E-state index in [1.165, 1.54) is 12.5 Å². The van der Waals surface area contributed by atoms with Gasteiger partial charge >= 0.3 is 0 Å². The summed E-state index contributed by atoms with van der Waals surface area (Å²) in [6.07, 6.45) is 2.83. The van der Waals surface area contributed by atoms with E-state index in [2.05, 4.69) is 19.9 Å². The quantitative estimate of drug-likeness (QED) is 0.732. The molecule has 0 aliphatic rings. The first-order valence-corrected chi connectivity index (χ1v) is 8.96. The number of nitrogens with zero attached hydrogens (tertiary/aromatic N) is 5. The number of rotatable bonds is 6. The molecular formula is C15H18N6O2S. The fraction of sp³-hybridized carbons (Fsp3) is 0.267. The molecule has 0 bridgehead atoms. The van der Waals surface area contributed by atoms with Crippen LogP contribution in [0.1, 0.15) is 18.2 Å². The van der Waals surface area contributed by atoms with Crippen LogP contribution in [0.25, 0.3) is 0 Å². The number of benzene rings is 1. The molecule has 8 nitrogen and oxygen atoms in total. The molecule has 3 aromatic rings. The Morgan fingerprint density at radius 1 is 1.21 bits per heavy atom. The smallest absolute Gasteiger partial charge is 0.267 e. The van der Waals surface area contributed by atoms with Gasteiger partial charge in [0.05, 0.1) is 18.4 Å². The molecule has 24 heavy (non-hydrogen) atoms. The fourth-order valence-corrected chi connectivity index (χ4v) is 3.50. The van der Waals surface area contributed by atoms with E-state index in [1.807, 2.05) is 37.3 Å². The van der Waals surface area contributed by atoms with Crippen LogP contribution in [-0.2, 0) is 23.1 Å². The minimum absolute atomic E-state index is 0.0366. The van der Waals surface area contributed by atoms with Gasteiger partial charge in [-0.05, 0) is 19.4 Å². The van der Waals surface area contributed by atoms with Gasteiger partial charge in [0, 0.05) is 6.54 Å². The summed E-state index contributed by atoms with van der Waals surface area (Å²) in [5.74, 6) is 0.0366. The van der Waals surface area contributed by atoms with Gasteiger partial charge in [-0.1, -0.05) is 30.3 Å². The molecule has 0 spiro atoms. The molecule has 0 fully saturated rings. The lowest BCUT2D eigenvalue weighted by atomic mass is 10.2. The van der Waals surface area contributed by atoms with Gasteiger partial charge in [0.2, 0.25) is 0 Å². The summed E-state index contributed by atoms with van der Waals surface area (Å²) in [6, 6.07) is 9.74. The summed E-state index contributed by atoms with van der Waals surface area (Å²) in [6.45, 7) is 4.73. The first kappa shape index (κ1) is 16.2. The van der Waals surface area contributed by atoms with Crippen molar-refractivity contribution >= 4 is 16.0 Å². The lowest BCUT2D eigenvalue weighted by molar-refractivity contribution is 0.597. The van der Waals surface area contributed by atoms with Crippen LogP contribution < -0.4 is 4.72 Å². The SMILES string of the molecule is CCn1ncc(S(=O)(=O)Nc2ncn(Cc3ccccc3)n2)c1C. The number of hydrogen-bond acceptors (Lipinski definition) is 5. The van der Waals surface area contributed by atoms with Gasteiger partial charge < -0.3 is 0 Å². The summed E-state index contributed by atoms with van der Waals surface area (Å²) in [5, 5.41) is 8.22. The second kappa shape index (κ2) is 6.44. The molecule has 0 amide bonds. The fourth-order valence-electron chi connectivity index (χ4n) is 2.38. The van der Waals surface area contributed by atoms with Crippen molar-refractivity contribution in [3.05, 3.63) is 54.1 Å². The molecule has 0 aliphatic heterocycles. The Balaban J connectivity index is 1.77. The predicted molar refractivity (Wildman–Crippen MR) is 89.0 cm³/mol. The molecule has 2 heterocycles. The van der Waals surface area contributed by atoms with E-state index in [0.717, 1.165) is 5.56 Å². The van der Waals surface area contributed by atoms with E-state index < -0.39 is 10.0 Å². The summed E-state index contributed by atoms with van der Waals surface area (Å²) < 4.78 is 30.5. The number of nitrogens with one attached hydrogen (secondary N) is 1. The Labute approximate surface area is 140 Å². The molecule has 3 rings (SSSR count). The predicted octanol–water partition coefficient (Wildman–Crippen LogP) is 1.65. The van der Waals surface area contributed by atoms with Crippen LogP contribution in [0, 0.1) is 6.92 Å². The minimum Gasteiger partial charge on any atom is -0.269 e. The van der Waals surface area contributed by atoms with Crippen molar-refractivity contribution in [2.75, 3.05) is 4.72 Å². The molecule has 1 N–H and O–H groups in total. The zero-order chi connectivity index (χ0) is 17.2. The zero-order valence-electron chi connectivity index (χ0n) is 13.4.